The minimum atomic E-state index is 0.724. The highest BCUT2D eigenvalue weighted by Gasteiger charge is 1.83. The molecule has 0 saturated heterocycles. The first-order valence-electron chi connectivity index (χ1n) is 3.33. The van der Waals surface area contributed by atoms with Gasteiger partial charge in [0.15, 0.2) is 0 Å². The number of nitrogens with zero attached hydrogens (tertiary/aromatic N) is 2. The van der Waals surface area contributed by atoms with Crippen LogP contribution >= 0.6 is 0 Å². The molecule has 1 rings (SSSR count). The molecule has 0 aromatic carbocycles. The number of hydrogen-bond acceptors (Lipinski definition) is 3. The van der Waals surface area contributed by atoms with Crippen molar-refractivity contribution in [3.05, 3.63) is 30.5 Å². The lowest BCUT2D eigenvalue weighted by molar-refractivity contribution is 1.23. The van der Waals surface area contributed by atoms with Gasteiger partial charge in [-0.25, -0.2) is 4.98 Å². The van der Waals surface area contributed by atoms with Crippen molar-refractivity contribution in [3.63, 3.8) is 0 Å². The fourth-order valence-corrected chi connectivity index (χ4v) is 0.583. The molecule has 11 heavy (non-hydrogen) atoms. The number of nitrogens with one attached hydrogen (secondary N) is 1. The monoisotopic (exact) mass is 147 g/mol. The number of hydrazone groups is 1. The maximum atomic E-state index is 3.99. The molecule has 0 amide bonds. The van der Waals surface area contributed by atoms with Gasteiger partial charge in [-0.2, -0.15) is 0 Å². The van der Waals surface area contributed by atoms with Crippen LogP contribution in [0.4, 0.5) is 5.82 Å². The molecule has 56 valence electrons. The SMILES string of the molecule is CC=C=NNc1ccccn1. The summed E-state index contributed by atoms with van der Waals surface area (Å²) >= 11 is 0. The summed E-state index contributed by atoms with van der Waals surface area (Å²) in [4.78, 5) is 3.99. The summed E-state index contributed by atoms with van der Waals surface area (Å²) in [6.45, 7) is 1.85. The van der Waals surface area contributed by atoms with Gasteiger partial charge in [-0.15, -0.1) is 5.10 Å². The van der Waals surface area contributed by atoms with E-state index in [9.17, 15) is 0 Å². The molecule has 0 atom stereocenters. The average Bonchev–Trinajstić information content (AvgIpc) is 2.07. The Labute approximate surface area is 65.5 Å². The van der Waals surface area contributed by atoms with Crippen molar-refractivity contribution in [2.24, 2.45) is 5.10 Å². The molecule has 0 aliphatic heterocycles. The topological polar surface area (TPSA) is 37.3 Å². The smallest absolute Gasteiger partial charge is 0.146 e. The number of aromatic nitrogens is 1. The zero-order valence-corrected chi connectivity index (χ0v) is 6.28. The van der Waals surface area contributed by atoms with E-state index in [0.717, 1.165) is 5.82 Å². The Morgan fingerprint density at radius 2 is 2.55 bits per heavy atom. The number of pyridine rings is 1. The molecule has 0 aliphatic rings. The molecule has 0 spiro atoms. The van der Waals surface area contributed by atoms with E-state index < -0.39 is 0 Å². The predicted octanol–water partition coefficient (Wildman–Crippen LogP) is 1.65. The van der Waals surface area contributed by atoms with Gasteiger partial charge >= 0.3 is 0 Å². The van der Waals surface area contributed by atoms with Gasteiger partial charge in [0, 0.05) is 12.1 Å². The summed E-state index contributed by atoms with van der Waals surface area (Å²) in [7, 11) is 0. The molecule has 0 saturated carbocycles. The highest BCUT2D eigenvalue weighted by molar-refractivity contribution is 5.52. The van der Waals surface area contributed by atoms with Crippen molar-refractivity contribution in [1.29, 1.82) is 0 Å². The normalized spacial score (nSPS) is 8.09. The van der Waals surface area contributed by atoms with Crippen LogP contribution in [-0.2, 0) is 0 Å². The molecular weight excluding hydrogens is 138 g/mol. The summed E-state index contributed by atoms with van der Waals surface area (Å²) in [6, 6.07) is 5.58. The molecule has 1 N–H and O–H groups in total. The maximum Gasteiger partial charge on any atom is 0.146 e. The fourth-order valence-electron chi connectivity index (χ4n) is 0.583. The minimum absolute atomic E-state index is 0.724. The summed E-state index contributed by atoms with van der Waals surface area (Å²) in [6.07, 6.45) is 3.42. The third-order valence-electron chi connectivity index (χ3n) is 1.03. The lowest BCUT2D eigenvalue weighted by atomic mass is 10.5. The first kappa shape index (κ1) is 7.51. The lowest BCUT2D eigenvalue weighted by Gasteiger charge is -1.93. The van der Waals surface area contributed by atoms with Crippen LogP contribution in [0.2, 0.25) is 0 Å². The van der Waals surface area contributed by atoms with E-state index in [1.807, 2.05) is 25.1 Å². The Kier molecular flexibility index (Phi) is 2.90. The molecule has 0 unspecified atom stereocenters. The van der Waals surface area contributed by atoms with Gasteiger partial charge < -0.3 is 0 Å². The van der Waals surface area contributed by atoms with Crippen LogP contribution < -0.4 is 5.43 Å². The second-order valence-corrected chi connectivity index (χ2v) is 1.86. The first-order valence-corrected chi connectivity index (χ1v) is 3.33. The Bertz CT molecular complexity index is 260. The lowest BCUT2D eigenvalue weighted by Crippen LogP contribution is -1.88. The van der Waals surface area contributed by atoms with Gasteiger partial charge in [-0.05, 0) is 25.1 Å². The van der Waals surface area contributed by atoms with Crippen LogP contribution in [0.1, 0.15) is 6.92 Å². The molecule has 0 radical (unpaired) electrons. The zero-order chi connectivity index (χ0) is 7.94. The second kappa shape index (κ2) is 4.25. The van der Waals surface area contributed by atoms with E-state index in [2.05, 4.69) is 21.4 Å². The summed E-state index contributed by atoms with van der Waals surface area (Å²) in [5.74, 6) is 3.37. The van der Waals surface area contributed by atoms with Crippen molar-refractivity contribution in [3.8, 4) is 0 Å². The molecule has 0 bridgehead atoms. The number of hydrogen-bond donors (Lipinski definition) is 1. The maximum absolute atomic E-state index is 3.99. The van der Waals surface area contributed by atoms with Crippen LogP contribution in [0.25, 0.3) is 0 Å². The van der Waals surface area contributed by atoms with E-state index in [1.54, 1.807) is 12.3 Å². The predicted molar refractivity (Wildman–Crippen MR) is 45.5 cm³/mol. The Morgan fingerprint density at radius 3 is 3.18 bits per heavy atom. The van der Waals surface area contributed by atoms with Crippen molar-refractivity contribution in [2.45, 2.75) is 6.92 Å². The molecule has 0 aliphatic carbocycles. The average molecular weight is 147 g/mol. The Morgan fingerprint density at radius 1 is 1.64 bits per heavy atom. The molecule has 1 aromatic heterocycles. The molecule has 0 fully saturated rings. The van der Waals surface area contributed by atoms with Gasteiger partial charge in [-0.1, -0.05) is 6.07 Å². The molecule has 1 heterocycles. The third kappa shape index (κ3) is 2.65. The van der Waals surface area contributed by atoms with Gasteiger partial charge in [0.2, 0.25) is 0 Å². The van der Waals surface area contributed by atoms with Gasteiger partial charge in [0.05, 0.1) is 0 Å². The highest BCUT2D eigenvalue weighted by Crippen LogP contribution is 1.97. The third-order valence-corrected chi connectivity index (χ3v) is 1.03. The minimum Gasteiger partial charge on any atom is -0.253 e. The standard InChI is InChI=1S/C8H9N3/c1-2-6-10-11-8-5-3-4-7-9-8/h2-5,7H,1H3,(H,9,11). The highest BCUT2D eigenvalue weighted by atomic mass is 15.3. The van der Waals surface area contributed by atoms with E-state index in [-0.39, 0.29) is 0 Å². The van der Waals surface area contributed by atoms with Crippen molar-refractivity contribution >= 4 is 11.7 Å². The van der Waals surface area contributed by atoms with E-state index >= 15 is 0 Å². The van der Waals surface area contributed by atoms with Crippen LogP contribution in [-0.4, -0.2) is 10.9 Å². The Hall–Kier alpha value is -1.60. The molecule has 3 nitrogen and oxygen atoms in total. The van der Waals surface area contributed by atoms with E-state index in [4.69, 9.17) is 0 Å². The van der Waals surface area contributed by atoms with Crippen molar-refractivity contribution in [1.82, 2.24) is 4.98 Å². The summed E-state index contributed by atoms with van der Waals surface area (Å²) < 4.78 is 0. The van der Waals surface area contributed by atoms with Gasteiger partial charge in [-0.3, -0.25) is 5.43 Å². The number of anilines is 1. The van der Waals surface area contributed by atoms with Gasteiger partial charge in [0.1, 0.15) is 5.82 Å². The Balaban J connectivity index is 2.59. The fraction of sp³-hybridized carbons (Fsp3) is 0.125. The quantitative estimate of drug-likeness (QED) is 0.510. The first-order chi connectivity index (χ1) is 5.43. The van der Waals surface area contributed by atoms with E-state index in [1.165, 1.54) is 0 Å². The second-order valence-electron chi connectivity index (χ2n) is 1.86. The number of allylic oxidation sites excluding steroid dienone is 1. The molecular formula is C8H9N3. The van der Waals surface area contributed by atoms with Crippen LogP contribution in [0.3, 0.4) is 0 Å². The van der Waals surface area contributed by atoms with Crippen molar-refractivity contribution < 1.29 is 0 Å². The van der Waals surface area contributed by atoms with Crippen molar-refractivity contribution in [2.75, 3.05) is 5.43 Å². The van der Waals surface area contributed by atoms with Crippen LogP contribution in [0.15, 0.2) is 35.6 Å². The van der Waals surface area contributed by atoms with E-state index in [0.29, 0.717) is 0 Å². The molecule has 1 aromatic rings. The van der Waals surface area contributed by atoms with Gasteiger partial charge in [0.25, 0.3) is 0 Å². The summed E-state index contributed by atoms with van der Waals surface area (Å²) in [5, 5.41) is 3.74. The van der Waals surface area contributed by atoms with Crippen LogP contribution in [0, 0.1) is 0 Å². The molecule has 3 heteroatoms. The summed E-state index contributed by atoms with van der Waals surface area (Å²) in [5.41, 5.74) is 2.72. The number of rotatable bonds is 2. The largest absolute Gasteiger partial charge is 0.253 e. The zero-order valence-electron chi connectivity index (χ0n) is 6.28. The van der Waals surface area contributed by atoms with Crippen LogP contribution in [0.5, 0.6) is 0 Å².